The third-order valence-corrected chi connectivity index (χ3v) is 2.37. The predicted octanol–water partition coefficient (Wildman–Crippen LogP) is 4.43. The van der Waals surface area contributed by atoms with Crippen molar-refractivity contribution in [2.45, 2.75) is 6.92 Å². The molecule has 15 heavy (non-hydrogen) atoms. The van der Waals surface area contributed by atoms with Gasteiger partial charge in [0.25, 0.3) is 0 Å². The molecule has 0 atom stereocenters. The van der Waals surface area contributed by atoms with E-state index in [0.717, 1.165) is 5.57 Å². The lowest BCUT2D eigenvalue weighted by atomic mass is 10.0. The van der Waals surface area contributed by atoms with Crippen LogP contribution in [-0.2, 0) is 0 Å². The normalized spacial score (nSPS) is 11.0. The Labute approximate surface area is 90.6 Å². The van der Waals surface area contributed by atoms with Crippen LogP contribution in [0.15, 0.2) is 60.7 Å². The number of rotatable bonds is 2. The minimum absolute atomic E-state index is 1.07. The maximum atomic E-state index is 3.86. The van der Waals surface area contributed by atoms with Crippen LogP contribution in [-0.4, -0.2) is 0 Å². The molecule has 0 unspecified atom stereocenters. The Balaban J connectivity index is 2.56. The first-order chi connectivity index (χ1) is 7.27. The first-order valence-corrected chi connectivity index (χ1v) is 5.09. The Morgan fingerprint density at radius 3 is 2.60 bits per heavy atom. The molecule has 0 radical (unpaired) electrons. The van der Waals surface area contributed by atoms with E-state index >= 15 is 0 Å². The predicted molar refractivity (Wildman–Crippen MR) is 67.8 cm³/mol. The highest BCUT2D eigenvalue weighted by Gasteiger charge is 1.95. The summed E-state index contributed by atoms with van der Waals surface area (Å²) in [4.78, 5) is 0. The summed E-state index contributed by atoms with van der Waals surface area (Å²) in [5.41, 5.74) is 2.32. The van der Waals surface area contributed by atoms with Crippen molar-refractivity contribution in [1.29, 1.82) is 0 Å². The molecule has 0 nitrogen and oxygen atoms in total. The summed E-state index contributed by atoms with van der Waals surface area (Å²) in [6.45, 7) is 5.87. The largest absolute Gasteiger partial charge is 0.0961 e. The van der Waals surface area contributed by atoms with Gasteiger partial charge in [-0.05, 0) is 23.3 Å². The van der Waals surface area contributed by atoms with Crippen LogP contribution in [0.4, 0.5) is 0 Å². The number of hydrogen-bond acceptors (Lipinski definition) is 0. The topological polar surface area (TPSA) is 0 Å². The molecule has 0 aromatic heterocycles. The van der Waals surface area contributed by atoms with Gasteiger partial charge in [-0.3, -0.25) is 0 Å². The summed E-state index contributed by atoms with van der Waals surface area (Å²) in [5.74, 6) is 0. The van der Waals surface area contributed by atoms with Crippen molar-refractivity contribution in [2.24, 2.45) is 0 Å². The van der Waals surface area contributed by atoms with Gasteiger partial charge in [0.1, 0.15) is 0 Å². The van der Waals surface area contributed by atoms with Gasteiger partial charge in [-0.15, -0.1) is 0 Å². The molecular weight excluding hydrogens is 180 g/mol. The van der Waals surface area contributed by atoms with Crippen LogP contribution in [0.25, 0.3) is 16.8 Å². The summed E-state index contributed by atoms with van der Waals surface area (Å²) in [6.07, 6.45) is 4.16. The second-order valence-corrected chi connectivity index (χ2v) is 3.75. The highest BCUT2D eigenvalue weighted by molar-refractivity contribution is 5.90. The van der Waals surface area contributed by atoms with Crippen molar-refractivity contribution in [1.82, 2.24) is 0 Å². The fourth-order valence-corrected chi connectivity index (χ4v) is 1.63. The zero-order valence-corrected chi connectivity index (χ0v) is 8.90. The van der Waals surface area contributed by atoms with Crippen LogP contribution in [0.2, 0.25) is 0 Å². The molecule has 2 rings (SSSR count). The summed E-state index contributed by atoms with van der Waals surface area (Å²) >= 11 is 0. The van der Waals surface area contributed by atoms with Crippen molar-refractivity contribution >= 4 is 16.8 Å². The molecular formula is C15H14. The van der Waals surface area contributed by atoms with Crippen LogP contribution in [0.1, 0.15) is 12.5 Å². The standard InChI is InChI=1S/C15H14/c1-12(2)10-11-14-8-5-7-13-6-3-4-9-15(13)14/h3-11H,1H2,2H3/b11-10+. The Morgan fingerprint density at radius 2 is 1.80 bits per heavy atom. The highest BCUT2D eigenvalue weighted by atomic mass is 14.0. The molecule has 0 spiro atoms. The monoisotopic (exact) mass is 194 g/mol. The van der Waals surface area contributed by atoms with Crippen molar-refractivity contribution < 1.29 is 0 Å². The fourth-order valence-electron chi connectivity index (χ4n) is 1.63. The van der Waals surface area contributed by atoms with E-state index in [1.165, 1.54) is 16.3 Å². The van der Waals surface area contributed by atoms with Gasteiger partial charge in [0.2, 0.25) is 0 Å². The lowest BCUT2D eigenvalue weighted by Crippen LogP contribution is -1.77. The Bertz CT molecular complexity index is 513. The highest BCUT2D eigenvalue weighted by Crippen LogP contribution is 2.19. The van der Waals surface area contributed by atoms with E-state index in [1.807, 2.05) is 13.0 Å². The zero-order chi connectivity index (χ0) is 10.7. The van der Waals surface area contributed by atoms with E-state index in [2.05, 4.69) is 55.1 Å². The molecule has 2 aromatic rings. The van der Waals surface area contributed by atoms with Crippen LogP contribution in [0.5, 0.6) is 0 Å². The summed E-state index contributed by atoms with van der Waals surface area (Å²) < 4.78 is 0. The lowest BCUT2D eigenvalue weighted by Gasteiger charge is -2.01. The minimum Gasteiger partial charge on any atom is -0.0961 e. The van der Waals surface area contributed by atoms with Crippen LogP contribution in [0, 0.1) is 0 Å². The fraction of sp³-hybridized carbons (Fsp3) is 0.0667. The minimum atomic E-state index is 1.07. The Kier molecular flexibility index (Phi) is 2.68. The van der Waals surface area contributed by atoms with Gasteiger partial charge in [-0.25, -0.2) is 0 Å². The Hall–Kier alpha value is -1.82. The third-order valence-electron chi connectivity index (χ3n) is 2.37. The molecule has 0 aliphatic carbocycles. The molecule has 0 saturated carbocycles. The molecule has 0 amide bonds. The van der Waals surface area contributed by atoms with E-state index < -0.39 is 0 Å². The van der Waals surface area contributed by atoms with Gasteiger partial charge in [-0.2, -0.15) is 0 Å². The van der Waals surface area contributed by atoms with Gasteiger partial charge in [0, 0.05) is 0 Å². The molecule has 0 heteroatoms. The van der Waals surface area contributed by atoms with Crippen LogP contribution >= 0.6 is 0 Å². The summed E-state index contributed by atoms with van der Waals surface area (Å²) in [6, 6.07) is 14.8. The van der Waals surface area contributed by atoms with E-state index in [4.69, 9.17) is 0 Å². The summed E-state index contributed by atoms with van der Waals surface area (Å²) in [5, 5.41) is 2.57. The number of fused-ring (bicyclic) bond motifs is 1. The maximum absolute atomic E-state index is 3.86. The summed E-state index contributed by atoms with van der Waals surface area (Å²) in [7, 11) is 0. The van der Waals surface area contributed by atoms with Gasteiger partial charge in [0.05, 0.1) is 0 Å². The van der Waals surface area contributed by atoms with Crippen molar-refractivity contribution in [3.05, 3.63) is 66.3 Å². The molecule has 74 valence electrons. The smallest absolute Gasteiger partial charge is 0.0111 e. The van der Waals surface area contributed by atoms with E-state index in [0.29, 0.717) is 0 Å². The van der Waals surface area contributed by atoms with E-state index in [1.54, 1.807) is 0 Å². The molecule has 0 saturated heterocycles. The van der Waals surface area contributed by atoms with Crippen molar-refractivity contribution in [3.8, 4) is 0 Å². The van der Waals surface area contributed by atoms with Crippen molar-refractivity contribution in [2.75, 3.05) is 0 Å². The number of hydrogen-bond donors (Lipinski definition) is 0. The van der Waals surface area contributed by atoms with Gasteiger partial charge in [-0.1, -0.05) is 66.8 Å². The SMILES string of the molecule is C=C(C)/C=C/c1cccc2ccccc12. The quantitative estimate of drug-likeness (QED) is 0.620. The molecule has 0 bridgehead atoms. The van der Waals surface area contributed by atoms with E-state index in [9.17, 15) is 0 Å². The van der Waals surface area contributed by atoms with Crippen molar-refractivity contribution in [3.63, 3.8) is 0 Å². The third kappa shape index (κ3) is 2.16. The van der Waals surface area contributed by atoms with E-state index in [-0.39, 0.29) is 0 Å². The van der Waals surface area contributed by atoms with Crippen LogP contribution in [0.3, 0.4) is 0 Å². The second kappa shape index (κ2) is 4.14. The number of allylic oxidation sites excluding steroid dienone is 2. The molecule has 0 fully saturated rings. The molecule has 0 aliphatic rings. The molecule has 0 N–H and O–H groups in total. The average molecular weight is 194 g/mol. The molecule has 0 aliphatic heterocycles. The zero-order valence-electron chi connectivity index (χ0n) is 8.90. The van der Waals surface area contributed by atoms with Gasteiger partial charge in [0.15, 0.2) is 0 Å². The Morgan fingerprint density at radius 1 is 1.07 bits per heavy atom. The maximum Gasteiger partial charge on any atom is -0.0111 e. The average Bonchev–Trinajstić information content (AvgIpc) is 2.26. The van der Waals surface area contributed by atoms with Crippen LogP contribution < -0.4 is 0 Å². The second-order valence-electron chi connectivity index (χ2n) is 3.75. The van der Waals surface area contributed by atoms with Gasteiger partial charge < -0.3 is 0 Å². The van der Waals surface area contributed by atoms with Gasteiger partial charge >= 0.3 is 0 Å². The lowest BCUT2D eigenvalue weighted by molar-refractivity contribution is 1.57. The first kappa shape index (κ1) is 9.72. The molecule has 0 heterocycles. The number of benzene rings is 2. The molecule has 2 aromatic carbocycles. The first-order valence-electron chi connectivity index (χ1n) is 5.09.